The van der Waals surface area contributed by atoms with Gasteiger partial charge in [0.2, 0.25) is 5.94 Å². The van der Waals surface area contributed by atoms with Gasteiger partial charge in [-0.25, -0.2) is 13.2 Å². The second-order valence-electron chi connectivity index (χ2n) is 2.60. The third kappa shape index (κ3) is 3.77. The number of carboxylic acid groups (broad SMARTS) is 1. The minimum Gasteiger partial charge on any atom is -0.478 e. The van der Waals surface area contributed by atoms with Crippen LogP contribution in [0.5, 0.6) is 5.75 Å². The summed E-state index contributed by atoms with van der Waals surface area (Å²) < 4.78 is 25.9. The standard InChI is InChI=1S/C8H7ClO5S/c9-15(12,13)5-14-7-4-2-1-3-6(7)8(10)11/h1-4H,5H2,(H,10,11). The largest absolute Gasteiger partial charge is 0.478 e. The molecule has 0 aliphatic rings. The van der Waals surface area contributed by atoms with Gasteiger partial charge in [0.25, 0.3) is 9.05 Å². The normalized spacial score (nSPS) is 11.0. The van der Waals surface area contributed by atoms with Crippen molar-refractivity contribution in [2.24, 2.45) is 0 Å². The molecular formula is C8H7ClO5S. The highest BCUT2D eigenvalue weighted by atomic mass is 35.7. The van der Waals surface area contributed by atoms with Crippen molar-refractivity contribution in [1.82, 2.24) is 0 Å². The molecule has 0 saturated carbocycles. The first kappa shape index (κ1) is 11.8. The highest BCUT2D eigenvalue weighted by molar-refractivity contribution is 8.13. The molecule has 0 amide bonds. The van der Waals surface area contributed by atoms with Crippen LogP contribution in [0.15, 0.2) is 24.3 Å². The molecule has 1 aromatic rings. The van der Waals surface area contributed by atoms with Crippen LogP contribution in [-0.4, -0.2) is 25.4 Å². The molecule has 0 heterocycles. The van der Waals surface area contributed by atoms with Crippen molar-refractivity contribution in [2.45, 2.75) is 0 Å². The van der Waals surface area contributed by atoms with Crippen molar-refractivity contribution < 1.29 is 23.1 Å². The summed E-state index contributed by atoms with van der Waals surface area (Å²) in [5.74, 6) is -1.99. The minimum absolute atomic E-state index is 0.0331. The van der Waals surface area contributed by atoms with E-state index in [9.17, 15) is 13.2 Å². The van der Waals surface area contributed by atoms with Crippen LogP contribution in [0.3, 0.4) is 0 Å². The van der Waals surface area contributed by atoms with E-state index in [1.165, 1.54) is 24.3 Å². The number of benzene rings is 1. The molecule has 0 atom stereocenters. The monoisotopic (exact) mass is 250 g/mol. The Morgan fingerprint density at radius 3 is 2.53 bits per heavy atom. The predicted molar refractivity (Wildman–Crippen MR) is 53.7 cm³/mol. The van der Waals surface area contributed by atoms with Gasteiger partial charge in [-0.2, -0.15) is 0 Å². The van der Waals surface area contributed by atoms with Crippen molar-refractivity contribution in [3.8, 4) is 5.75 Å². The molecule has 15 heavy (non-hydrogen) atoms. The van der Waals surface area contributed by atoms with Crippen LogP contribution in [-0.2, 0) is 9.05 Å². The summed E-state index contributed by atoms with van der Waals surface area (Å²) in [7, 11) is 1.11. The van der Waals surface area contributed by atoms with Crippen molar-refractivity contribution in [1.29, 1.82) is 0 Å². The summed E-state index contributed by atoms with van der Waals surface area (Å²) in [6, 6.07) is 5.69. The SMILES string of the molecule is O=C(O)c1ccccc1OCS(=O)(=O)Cl. The Morgan fingerprint density at radius 2 is 2.00 bits per heavy atom. The maximum atomic E-state index is 10.7. The zero-order chi connectivity index (χ0) is 11.5. The average molecular weight is 251 g/mol. The smallest absolute Gasteiger partial charge is 0.339 e. The van der Waals surface area contributed by atoms with Crippen LogP contribution in [0, 0.1) is 0 Å². The van der Waals surface area contributed by atoms with Crippen LogP contribution >= 0.6 is 10.7 Å². The molecule has 0 radical (unpaired) electrons. The number of carbonyl (C=O) groups is 1. The van der Waals surface area contributed by atoms with Crippen LogP contribution in [0.25, 0.3) is 0 Å². The summed E-state index contributed by atoms with van der Waals surface area (Å²) in [4.78, 5) is 10.7. The fourth-order valence-corrected chi connectivity index (χ4v) is 1.30. The summed E-state index contributed by atoms with van der Waals surface area (Å²) in [6.07, 6.45) is 0. The number of para-hydroxylation sites is 1. The molecule has 1 N–H and O–H groups in total. The molecule has 0 bridgehead atoms. The number of aromatic carboxylic acids is 1. The van der Waals surface area contributed by atoms with Gasteiger partial charge in [-0.3, -0.25) is 0 Å². The Morgan fingerprint density at radius 1 is 1.40 bits per heavy atom. The fourth-order valence-electron chi connectivity index (χ4n) is 0.903. The topological polar surface area (TPSA) is 80.7 Å². The minimum atomic E-state index is -3.81. The number of rotatable bonds is 4. The third-order valence-corrected chi connectivity index (χ3v) is 2.14. The summed E-state index contributed by atoms with van der Waals surface area (Å²) in [5.41, 5.74) is -0.113. The number of ether oxygens (including phenoxy) is 1. The number of hydrogen-bond acceptors (Lipinski definition) is 4. The maximum Gasteiger partial charge on any atom is 0.339 e. The Balaban J connectivity index is 2.90. The van der Waals surface area contributed by atoms with Gasteiger partial charge in [0.1, 0.15) is 11.3 Å². The zero-order valence-electron chi connectivity index (χ0n) is 7.38. The van der Waals surface area contributed by atoms with Crippen LogP contribution in [0.1, 0.15) is 10.4 Å². The molecule has 1 aromatic carbocycles. The molecule has 0 fully saturated rings. The van der Waals surface area contributed by atoms with E-state index in [1.54, 1.807) is 0 Å². The van der Waals surface area contributed by atoms with E-state index in [0.29, 0.717) is 0 Å². The molecule has 0 unspecified atom stereocenters. The Hall–Kier alpha value is -1.27. The highest BCUT2D eigenvalue weighted by Gasteiger charge is 2.12. The molecule has 0 saturated heterocycles. The highest BCUT2D eigenvalue weighted by Crippen LogP contribution is 2.18. The lowest BCUT2D eigenvalue weighted by Crippen LogP contribution is -2.08. The van der Waals surface area contributed by atoms with Crippen molar-refractivity contribution in [3.05, 3.63) is 29.8 Å². The van der Waals surface area contributed by atoms with Crippen molar-refractivity contribution in [2.75, 3.05) is 5.94 Å². The molecule has 1 rings (SSSR count). The quantitative estimate of drug-likeness (QED) is 0.815. The van der Waals surface area contributed by atoms with Crippen LogP contribution < -0.4 is 4.74 Å². The van der Waals surface area contributed by atoms with Gasteiger partial charge in [-0.05, 0) is 12.1 Å². The lowest BCUT2D eigenvalue weighted by atomic mass is 10.2. The molecule has 0 spiro atoms. The van der Waals surface area contributed by atoms with E-state index in [1.807, 2.05) is 0 Å². The van der Waals surface area contributed by atoms with E-state index in [-0.39, 0.29) is 11.3 Å². The average Bonchev–Trinajstić information content (AvgIpc) is 2.14. The molecule has 0 aliphatic heterocycles. The van der Waals surface area contributed by atoms with Crippen LogP contribution in [0.4, 0.5) is 0 Å². The number of hydrogen-bond donors (Lipinski definition) is 1. The number of carboxylic acids is 1. The first-order valence-corrected chi connectivity index (χ1v) is 6.25. The van der Waals surface area contributed by atoms with Gasteiger partial charge in [-0.1, -0.05) is 12.1 Å². The number of halogens is 1. The van der Waals surface area contributed by atoms with Gasteiger partial charge in [0.05, 0.1) is 0 Å². The lowest BCUT2D eigenvalue weighted by molar-refractivity contribution is 0.0693. The van der Waals surface area contributed by atoms with E-state index < -0.39 is 21.0 Å². The van der Waals surface area contributed by atoms with Crippen LogP contribution in [0.2, 0.25) is 0 Å². The maximum absolute atomic E-state index is 10.7. The van der Waals surface area contributed by atoms with Crippen molar-refractivity contribution in [3.63, 3.8) is 0 Å². The van der Waals surface area contributed by atoms with Gasteiger partial charge in [-0.15, -0.1) is 0 Å². The Bertz CT molecular complexity index is 468. The van der Waals surface area contributed by atoms with E-state index in [2.05, 4.69) is 0 Å². The second kappa shape index (κ2) is 4.50. The van der Waals surface area contributed by atoms with Gasteiger partial charge < -0.3 is 9.84 Å². The van der Waals surface area contributed by atoms with Crippen molar-refractivity contribution >= 4 is 25.7 Å². The third-order valence-electron chi connectivity index (χ3n) is 1.47. The summed E-state index contributed by atoms with van der Waals surface area (Å²) in [6.45, 7) is 0. The Labute approximate surface area is 90.7 Å². The van der Waals surface area contributed by atoms with Gasteiger partial charge in [0.15, 0.2) is 0 Å². The Kier molecular flexibility index (Phi) is 3.54. The van der Waals surface area contributed by atoms with Gasteiger partial charge >= 0.3 is 5.97 Å². The molecule has 5 nitrogen and oxygen atoms in total. The zero-order valence-corrected chi connectivity index (χ0v) is 8.96. The molecule has 0 aliphatic carbocycles. The molecule has 82 valence electrons. The fraction of sp³-hybridized carbons (Fsp3) is 0.125. The lowest BCUT2D eigenvalue weighted by Gasteiger charge is -2.06. The first-order valence-electron chi connectivity index (χ1n) is 3.77. The molecular weight excluding hydrogens is 244 g/mol. The summed E-state index contributed by atoms with van der Waals surface area (Å²) in [5, 5.41) is 8.73. The van der Waals surface area contributed by atoms with E-state index >= 15 is 0 Å². The molecule has 0 aromatic heterocycles. The predicted octanol–water partition coefficient (Wildman–Crippen LogP) is 1.29. The van der Waals surface area contributed by atoms with E-state index in [4.69, 9.17) is 20.5 Å². The van der Waals surface area contributed by atoms with E-state index in [0.717, 1.165) is 0 Å². The first-order chi connectivity index (χ1) is 6.90. The molecule has 7 heteroatoms. The summed E-state index contributed by atoms with van der Waals surface area (Å²) >= 11 is 0. The van der Waals surface area contributed by atoms with Gasteiger partial charge in [0, 0.05) is 10.7 Å². The second-order valence-corrected chi connectivity index (χ2v) is 5.33.